The molecule has 24 heavy (non-hydrogen) atoms. The molecule has 0 radical (unpaired) electrons. The first-order valence-corrected chi connectivity index (χ1v) is 7.89. The number of fused-ring (bicyclic) bond motifs is 1. The monoisotopic (exact) mass is 330 g/mol. The molecule has 0 unspecified atom stereocenters. The van der Waals surface area contributed by atoms with Gasteiger partial charge in [-0.2, -0.15) is 0 Å². The highest BCUT2D eigenvalue weighted by molar-refractivity contribution is 5.95. The van der Waals surface area contributed by atoms with Crippen LogP contribution in [-0.2, 0) is 11.2 Å². The van der Waals surface area contributed by atoms with Crippen molar-refractivity contribution in [3.8, 4) is 11.5 Å². The van der Waals surface area contributed by atoms with Gasteiger partial charge in [0.1, 0.15) is 5.76 Å². The summed E-state index contributed by atoms with van der Waals surface area (Å²) in [6, 6.07) is 7.02. The second-order valence-corrected chi connectivity index (χ2v) is 6.08. The Morgan fingerprint density at radius 1 is 1.25 bits per heavy atom. The third-order valence-electron chi connectivity index (χ3n) is 4.29. The third kappa shape index (κ3) is 2.94. The molecule has 1 saturated heterocycles. The number of aromatic nitrogens is 1. The second-order valence-electron chi connectivity index (χ2n) is 6.08. The molecule has 2 aliphatic rings. The van der Waals surface area contributed by atoms with Crippen molar-refractivity contribution in [2.24, 2.45) is 5.92 Å². The van der Waals surface area contributed by atoms with E-state index in [2.05, 4.69) is 10.5 Å². The predicted molar refractivity (Wildman–Crippen MR) is 83.1 cm³/mol. The molecule has 0 spiro atoms. The van der Waals surface area contributed by atoms with Gasteiger partial charge in [-0.3, -0.25) is 4.79 Å². The van der Waals surface area contributed by atoms with Crippen LogP contribution in [0.25, 0.3) is 0 Å². The molecular weight excluding hydrogens is 312 g/mol. The van der Waals surface area contributed by atoms with Crippen molar-refractivity contribution < 1.29 is 23.5 Å². The highest BCUT2D eigenvalue weighted by atomic mass is 16.7. The lowest BCUT2D eigenvalue weighted by molar-refractivity contribution is 0.0924. The van der Waals surface area contributed by atoms with E-state index in [0.29, 0.717) is 36.7 Å². The van der Waals surface area contributed by atoms with Crippen LogP contribution < -0.4 is 14.8 Å². The first kappa shape index (κ1) is 15.0. The van der Waals surface area contributed by atoms with E-state index in [4.69, 9.17) is 18.7 Å². The number of benzene rings is 1. The summed E-state index contributed by atoms with van der Waals surface area (Å²) < 4.78 is 21.4. The number of hydrogen-bond donors (Lipinski definition) is 1. The average molecular weight is 330 g/mol. The average Bonchev–Trinajstić information content (AvgIpc) is 3.29. The SMILES string of the molecule is Cc1cc(C[C@@H]2COC[C@@H]2NC(=O)c2ccc3c(c2)OCO3)on1. The molecule has 0 aliphatic carbocycles. The third-order valence-corrected chi connectivity index (χ3v) is 4.29. The molecule has 0 saturated carbocycles. The summed E-state index contributed by atoms with van der Waals surface area (Å²) in [7, 11) is 0. The standard InChI is InChI=1S/C17H18N2O5/c1-10-4-13(24-19-10)5-12-7-21-8-14(12)18-17(20)11-2-3-15-16(6-11)23-9-22-15/h2-4,6,12,14H,5,7-9H2,1H3,(H,18,20)/t12-,14+/m1/s1. The Morgan fingerprint density at radius 3 is 2.96 bits per heavy atom. The summed E-state index contributed by atoms with van der Waals surface area (Å²) in [4.78, 5) is 12.5. The van der Waals surface area contributed by atoms with E-state index < -0.39 is 0 Å². The summed E-state index contributed by atoms with van der Waals surface area (Å²) in [6.07, 6.45) is 0.687. The molecule has 1 amide bonds. The fraction of sp³-hybridized carbons (Fsp3) is 0.412. The predicted octanol–water partition coefficient (Wildman–Crippen LogP) is 1.70. The zero-order chi connectivity index (χ0) is 16.5. The number of aryl methyl sites for hydroxylation is 1. The number of rotatable bonds is 4. The number of carbonyl (C=O) groups excluding carboxylic acids is 1. The van der Waals surface area contributed by atoms with Gasteiger partial charge in [0, 0.05) is 24.0 Å². The van der Waals surface area contributed by atoms with Crippen molar-refractivity contribution in [3.63, 3.8) is 0 Å². The van der Waals surface area contributed by atoms with E-state index >= 15 is 0 Å². The summed E-state index contributed by atoms with van der Waals surface area (Å²) in [5, 5.41) is 6.94. The summed E-state index contributed by atoms with van der Waals surface area (Å²) >= 11 is 0. The van der Waals surface area contributed by atoms with Gasteiger partial charge in [-0.05, 0) is 25.1 Å². The molecule has 3 heterocycles. The minimum atomic E-state index is -0.150. The topological polar surface area (TPSA) is 82.8 Å². The fourth-order valence-corrected chi connectivity index (χ4v) is 3.02. The lowest BCUT2D eigenvalue weighted by Gasteiger charge is -2.18. The van der Waals surface area contributed by atoms with Gasteiger partial charge in [-0.15, -0.1) is 0 Å². The molecule has 1 aromatic heterocycles. The van der Waals surface area contributed by atoms with E-state index in [-0.39, 0.29) is 24.7 Å². The van der Waals surface area contributed by atoms with Crippen molar-refractivity contribution >= 4 is 5.91 Å². The molecule has 4 rings (SSSR count). The van der Waals surface area contributed by atoms with Crippen molar-refractivity contribution in [2.45, 2.75) is 19.4 Å². The van der Waals surface area contributed by atoms with Gasteiger partial charge in [0.25, 0.3) is 5.91 Å². The number of amides is 1. The molecule has 1 fully saturated rings. The van der Waals surface area contributed by atoms with Gasteiger partial charge in [0.2, 0.25) is 6.79 Å². The van der Waals surface area contributed by atoms with Crippen LogP contribution in [0.5, 0.6) is 11.5 Å². The lowest BCUT2D eigenvalue weighted by atomic mass is 9.98. The van der Waals surface area contributed by atoms with Gasteiger partial charge < -0.3 is 24.1 Å². The Labute approximate surface area is 138 Å². The Balaban J connectivity index is 1.42. The normalized spacial score (nSPS) is 21.9. The van der Waals surface area contributed by atoms with E-state index in [1.54, 1.807) is 18.2 Å². The summed E-state index contributed by atoms with van der Waals surface area (Å²) in [6.45, 7) is 3.16. The molecule has 2 aliphatic heterocycles. The number of nitrogens with one attached hydrogen (secondary N) is 1. The quantitative estimate of drug-likeness (QED) is 0.919. The number of nitrogens with zero attached hydrogens (tertiary/aromatic N) is 1. The van der Waals surface area contributed by atoms with Crippen LogP contribution in [0.2, 0.25) is 0 Å². The smallest absolute Gasteiger partial charge is 0.251 e. The molecule has 126 valence electrons. The number of ether oxygens (including phenoxy) is 3. The van der Waals surface area contributed by atoms with Crippen LogP contribution in [0, 0.1) is 12.8 Å². The Hall–Kier alpha value is -2.54. The molecule has 1 aromatic carbocycles. The van der Waals surface area contributed by atoms with Crippen LogP contribution >= 0.6 is 0 Å². The minimum Gasteiger partial charge on any atom is -0.454 e. The molecule has 7 heteroatoms. The molecule has 2 aromatic rings. The van der Waals surface area contributed by atoms with Crippen LogP contribution in [0.3, 0.4) is 0 Å². The second kappa shape index (κ2) is 6.16. The Morgan fingerprint density at radius 2 is 2.12 bits per heavy atom. The molecular formula is C17H18N2O5. The van der Waals surface area contributed by atoms with Crippen molar-refractivity contribution in [2.75, 3.05) is 20.0 Å². The fourth-order valence-electron chi connectivity index (χ4n) is 3.02. The van der Waals surface area contributed by atoms with Gasteiger partial charge in [-0.1, -0.05) is 5.16 Å². The summed E-state index contributed by atoms with van der Waals surface area (Å²) in [5.74, 6) is 2.08. The van der Waals surface area contributed by atoms with Gasteiger partial charge in [0.15, 0.2) is 11.5 Å². The Kier molecular flexibility index (Phi) is 3.86. The minimum absolute atomic E-state index is 0.0617. The maximum Gasteiger partial charge on any atom is 0.251 e. The molecule has 7 nitrogen and oxygen atoms in total. The van der Waals surface area contributed by atoms with E-state index in [0.717, 1.165) is 11.5 Å². The largest absolute Gasteiger partial charge is 0.454 e. The van der Waals surface area contributed by atoms with Crippen molar-refractivity contribution in [1.29, 1.82) is 0 Å². The number of carbonyl (C=O) groups is 1. The molecule has 2 atom stereocenters. The Bertz CT molecular complexity index is 757. The van der Waals surface area contributed by atoms with Gasteiger partial charge >= 0.3 is 0 Å². The first-order chi connectivity index (χ1) is 11.7. The summed E-state index contributed by atoms with van der Waals surface area (Å²) in [5.41, 5.74) is 1.39. The van der Waals surface area contributed by atoms with Crippen LogP contribution in [0.4, 0.5) is 0 Å². The number of hydrogen-bond acceptors (Lipinski definition) is 6. The van der Waals surface area contributed by atoms with Gasteiger partial charge in [0.05, 0.1) is 24.9 Å². The highest BCUT2D eigenvalue weighted by Gasteiger charge is 2.31. The first-order valence-electron chi connectivity index (χ1n) is 7.89. The highest BCUT2D eigenvalue weighted by Crippen LogP contribution is 2.32. The van der Waals surface area contributed by atoms with E-state index in [1.165, 1.54) is 0 Å². The zero-order valence-corrected chi connectivity index (χ0v) is 13.3. The van der Waals surface area contributed by atoms with E-state index in [1.807, 2.05) is 13.0 Å². The maximum absolute atomic E-state index is 12.5. The van der Waals surface area contributed by atoms with Crippen LogP contribution in [-0.4, -0.2) is 37.1 Å². The van der Waals surface area contributed by atoms with Crippen LogP contribution in [0.1, 0.15) is 21.8 Å². The zero-order valence-electron chi connectivity index (χ0n) is 13.3. The van der Waals surface area contributed by atoms with E-state index in [9.17, 15) is 4.79 Å². The molecule has 0 bridgehead atoms. The van der Waals surface area contributed by atoms with Gasteiger partial charge in [-0.25, -0.2) is 0 Å². The van der Waals surface area contributed by atoms with Crippen molar-refractivity contribution in [3.05, 3.63) is 41.3 Å². The lowest BCUT2D eigenvalue weighted by Crippen LogP contribution is -2.40. The maximum atomic E-state index is 12.5. The van der Waals surface area contributed by atoms with Crippen LogP contribution in [0.15, 0.2) is 28.8 Å². The van der Waals surface area contributed by atoms with Crippen molar-refractivity contribution in [1.82, 2.24) is 10.5 Å². The molecule has 1 N–H and O–H groups in total.